The molecule has 1 aromatic heterocycles. The quantitative estimate of drug-likeness (QED) is 0.731. The van der Waals surface area contributed by atoms with Crippen LogP contribution in [-0.4, -0.2) is 28.9 Å². The maximum Gasteiger partial charge on any atom is 0.253 e. The molecule has 1 heterocycles. The molecule has 0 radical (unpaired) electrons. The molecular formula is C18H18N2O2. The van der Waals surface area contributed by atoms with E-state index in [1.165, 1.54) is 0 Å². The van der Waals surface area contributed by atoms with Crippen LogP contribution in [0.4, 0.5) is 0 Å². The minimum absolute atomic E-state index is 0.0501. The van der Waals surface area contributed by atoms with Crippen LogP contribution in [0.5, 0.6) is 0 Å². The summed E-state index contributed by atoms with van der Waals surface area (Å²) in [6.07, 6.45) is 0. The number of amides is 1. The third-order valence-electron chi connectivity index (χ3n) is 3.72. The van der Waals surface area contributed by atoms with E-state index in [1.807, 2.05) is 62.4 Å². The lowest BCUT2D eigenvalue weighted by atomic mass is 10.1. The molecule has 4 heteroatoms. The normalized spacial score (nSPS) is 10.8. The molecule has 0 saturated heterocycles. The third-order valence-corrected chi connectivity index (χ3v) is 3.72. The van der Waals surface area contributed by atoms with Gasteiger partial charge in [-0.2, -0.15) is 0 Å². The summed E-state index contributed by atoms with van der Waals surface area (Å²) in [5.74, 6) is 0.622. The van der Waals surface area contributed by atoms with Gasteiger partial charge in [0, 0.05) is 24.2 Å². The standard InChI is InChI=1S/C18H18N2O2/c1-3-20(4-2)18(21)14-11-9-13(10-12-14)17-19-15-7-5-6-8-16(15)22-17/h5-12H,3-4H2,1-2H3. The fraction of sp³-hybridized carbons (Fsp3) is 0.222. The Kier molecular flexibility index (Phi) is 3.92. The van der Waals surface area contributed by atoms with Crippen molar-refractivity contribution in [1.82, 2.24) is 9.88 Å². The lowest BCUT2D eigenvalue weighted by molar-refractivity contribution is 0.0773. The van der Waals surface area contributed by atoms with Crippen LogP contribution in [0.25, 0.3) is 22.6 Å². The van der Waals surface area contributed by atoms with Crippen LogP contribution in [-0.2, 0) is 0 Å². The van der Waals surface area contributed by atoms with Crippen molar-refractivity contribution in [3.63, 3.8) is 0 Å². The highest BCUT2D eigenvalue weighted by atomic mass is 16.3. The maximum atomic E-state index is 12.3. The number of benzene rings is 2. The Morgan fingerprint density at radius 1 is 1.05 bits per heavy atom. The van der Waals surface area contributed by atoms with E-state index in [9.17, 15) is 4.79 Å². The summed E-state index contributed by atoms with van der Waals surface area (Å²) in [6, 6.07) is 15.1. The molecule has 22 heavy (non-hydrogen) atoms. The van der Waals surface area contributed by atoms with Gasteiger partial charge in [-0.3, -0.25) is 4.79 Å². The minimum Gasteiger partial charge on any atom is -0.436 e. The number of para-hydroxylation sites is 2. The Bertz CT molecular complexity index is 753. The summed E-state index contributed by atoms with van der Waals surface area (Å²) in [6.45, 7) is 5.38. The molecule has 0 bridgehead atoms. The van der Waals surface area contributed by atoms with Gasteiger partial charge in [0.2, 0.25) is 5.89 Å². The van der Waals surface area contributed by atoms with Gasteiger partial charge in [0.1, 0.15) is 5.52 Å². The van der Waals surface area contributed by atoms with E-state index in [0.717, 1.165) is 16.7 Å². The van der Waals surface area contributed by atoms with E-state index in [1.54, 1.807) is 4.90 Å². The van der Waals surface area contributed by atoms with Crippen LogP contribution in [0.15, 0.2) is 52.9 Å². The van der Waals surface area contributed by atoms with E-state index in [0.29, 0.717) is 24.5 Å². The van der Waals surface area contributed by atoms with Crippen molar-refractivity contribution in [2.45, 2.75) is 13.8 Å². The molecule has 3 rings (SSSR count). The van der Waals surface area contributed by atoms with E-state index in [-0.39, 0.29) is 5.91 Å². The lowest BCUT2D eigenvalue weighted by Crippen LogP contribution is -2.30. The molecule has 3 aromatic rings. The van der Waals surface area contributed by atoms with Crippen LogP contribution in [0.2, 0.25) is 0 Å². The highest BCUT2D eigenvalue weighted by molar-refractivity contribution is 5.94. The van der Waals surface area contributed by atoms with Gasteiger partial charge in [-0.1, -0.05) is 12.1 Å². The van der Waals surface area contributed by atoms with E-state index in [2.05, 4.69) is 4.98 Å². The Morgan fingerprint density at radius 2 is 1.73 bits per heavy atom. The average molecular weight is 294 g/mol. The first kappa shape index (κ1) is 14.3. The molecule has 2 aromatic carbocycles. The largest absolute Gasteiger partial charge is 0.436 e. The lowest BCUT2D eigenvalue weighted by Gasteiger charge is -2.18. The van der Waals surface area contributed by atoms with Gasteiger partial charge < -0.3 is 9.32 Å². The summed E-state index contributed by atoms with van der Waals surface area (Å²) >= 11 is 0. The molecule has 0 aliphatic heterocycles. The number of hydrogen-bond donors (Lipinski definition) is 0. The minimum atomic E-state index is 0.0501. The number of aromatic nitrogens is 1. The van der Waals surface area contributed by atoms with Gasteiger partial charge in [0.15, 0.2) is 5.58 Å². The third kappa shape index (κ3) is 2.60. The number of hydrogen-bond acceptors (Lipinski definition) is 3. The highest BCUT2D eigenvalue weighted by Crippen LogP contribution is 2.24. The van der Waals surface area contributed by atoms with E-state index >= 15 is 0 Å². The van der Waals surface area contributed by atoms with Crippen LogP contribution < -0.4 is 0 Å². The first-order chi connectivity index (χ1) is 10.7. The number of oxazole rings is 1. The number of carbonyl (C=O) groups excluding carboxylic acids is 1. The number of carbonyl (C=O) groups is 1. The molecule has 1 amide bonds. The van der Waals surface area contributed by atoms with Crippen molar-refractivity contribution in [1.29, 1.82) is 0 Å². The highest BCUT2D eigenvalue weighted by Gasteiger charge is 2.13. The fourth-order valence-electron chi connectivity index (χ4n) is 2.44. The van der Waals surface area contributed by atoms with Gasteiger partial charge in [0.25, 0.3) is 5.91 Å². The monoisotopic (exact) mass is 294 g/mol. The van der Waals surface area contributed by atoms with Crippen molar-refractivity contribution < 1.29 is 9.21 Å². The van der Waals surface area contributed by atoms with Crippen molar-refractivity contribution in [3.8, 4) is 11.5 Å². The number of nitrogens with zero attached hydrogens (tertiary/aromatic N) is 2. The molecule has 0 atom stereocenters. The second-order valence-electron chi connectivity index (χ2n) is 5.04. The summed E-state index contributed by atoms with van der Waals surface area (Å²) in [7, 11) is 0. The molecular weight excluding hydrogens is 276 g/mol. The summed E-state index contributed by atoms with van der Waals surface area (Å²) in [5.41, 5.74) is 3.15. The SMILES string of the molecule is CCN(CC)C(=O)c1ccc(-c2nc3ccccc3o2)cc1. The zero-order chi connectivity index (χ0) is 15.5. The Balaban J connectivity index is 1.89. The van der Waals surface area contributed by atoms with Gasteiger partial charge in [-0.15, -0.1) is 0 Å². The average Bonchev–Trinajstić information content (AvgIpc) is 3.00. The Labute approximate surface area is 129 Å². The molecule has 0 fully saturated rings. The molecule has 0 saturated carbocycles. The number of fused-ring (bicyclic) bond motifs is 1. The van der Waals surface area contributed by atoms with Crippen molar-refractivity contribution in [2.75, 3.05) is 13.1 Å². The van der Waals surface area contributed by atoms with Gasteiger partial charge in [-0.25, -0.2) is 4.98 Å². The molecule has 0 aliphatic rings. The number of rotatable bonds is 4. The molecule has 0 spiro atoms. The first-order valence-corrected chi connectivity index (χ1v) is 7.48. The predicted octanol–water partition coefficient (Wildman–Crippen LogP) is 3.98. The molecule has 0 unspecified atom stereocenters. The van der Waals surface area contributed by atoms with Crippen LogP contribution in [0, 0.1) is 0 Å². The van der Waals surface area contributed by atoms with Crippen LogP contribution in [0.3, 0.4) is 0 Å². The summed E-state index contributed by atoms with van der Waals surface area (Å²) in [5, 5.41) is 0. The predicted molar refractivity (Wildman–Crippen MR) is 86.7 cm³/mol. The Morgan fingerprint density at radius 3 is 2.36 bits per heavy atom. The molecule has 4 nitrogen and oxygen atoms in total. The molecule has 112 valence electrons. The van der Waals surface area contributed by atoms with Crippen molar-refractivity contribution in [2.24, 2.45) is 0 Å². The van der Waals surface area contributed by atoms with E-state index < -0.39 is 0 Å². The zero-order valence-corrected chi connectivity index (χ0v) is 12.7. The van der Waals surface area contributed by atoms with Crippen LogP contribution in [0.1, 0.15) is 24.2 Å². The first-order valence-electron chi connectivity index (χ1n) is 7.48. The zero-order valence-electron chi connectivity index (χ0n) is 12.7. The van der Waals surface area contributed by atoms with Crippen LogP contribution >= 0.6 is 0 Å². The maximum absolute atomic E-state index is 12.3. The molecule has 0 aliphatic carbocycles. The second kappa shape index (κ2) is 6.02. The second-order valence-corrected chi connectivity index (χ2v) is 5.04. The van der Waals surface area contributed by atoms with Crippen molar-refractivity contribution in [3.05, 3.63) is 54.1 Å². The van der Waals surface area contributed by atoms with Crippen molar-refractivity contribution >= 4 is 17.0 Å². The molecule has 0 N–H and O–H groups in total. The smallest absolute Gasteiger partial charge is 0.253 e. The van der Waals surface area contributed by atoms with E-state index in [4.69, 9.17) is 4.42 Å². The summed E-state index contributed by atoms with van der Waals surface area (Å²) in [4.78, 5) is 18.5. The fourth-order valence-corrected chi connectivity index (χ4v) is 2.44. The van der Waals surface area contributed by atoms with Gasteiger partial charge in [-0.05, 0) is 50.2 Å². The van der Waals surface area contributed by atoms with Gasteiger partial charge in [0.05, 0.1) is 0 Å². The summed E-state index contributed by atoms with van der Waals surface area (Å²) < 4.78 is 5.74. The topological polar surface area (TPSA) is 46.3 Å². The Hall–Kier alpha value is -2.62. The van der Waals surface area contributed by atoms with Gasteiger partial charge >= 0.3 is 0 Å².